The van der Waals surface area contributed by atoms with Gasteiger partial charge in [0.25, 0.3) is 0 Å². The van der Waals surface area contributed by atoms with E-state index in [2.05, 4.69) is 26.3 Å². The number of anilines is 2. The van der Waals surface area contributed by atoms with E-state index >= 15 is 0 Å². The smallest absolute Gasteiger partial charge is 0.410 e. The summed E-state index contributed by atoms with van der Waals surface area (Å²) < 4.78 is 7.37. The number of aromatic nitrogens is 2. The first-order valence-corrected chi connectivity index (χ1v) is 13.6. The summed E-state index contributed by atoms with van der Waals surface area (Å²) in [7, 11) is 1.91. The van der Waals surface area contributed by atoms with Crippen LogP contribution in [0.25, 0.3) is 10.9 Å². The van der Waals surface area contributed by atoms with Gasteiger partial charge >= 0.3 is 12.1 Å². The first-order chi connectivity index (χ1) is 18.1. The fourth-order valence-electron chi connectivity index (χ4n) is 5.68. The maximum absolute atomic E-state index is 12.5. The molecular formula is C27H39N7O4. The number of ether oxygens (including phenoxy) is 1. The van der Waals surface area contributed by atoms with E-state index in [-0.39, 0.29) is 18.4 Å². The lowest BCUT2D eigenvalue weighted by Gasteiger charge is -2.39. The number of aryl methyl sites for hydroxylation is 1. The molecule has 11 nitrogen and oxygen atoms in total. The second kappa shape index (κ2) is 10.4. The van der Waals surface area contributed by atoms with Crippen molar-refractivity contribution in [3.05, 3.63) is 18.2 Å². The third-order valence-corrected chi connectivity index (χ3v) is 7.63. The number of urea groups is 1. The third kappa shape index (κ3) is 5.57. The summed E-state index contributed by atoms with van der Waals surface area (Å²) in [5.41, 5.74) is 1.66. The number of hydrogen-bond donors (Lipinski definition) is 1. The van der Waals surface area contributed by atoms with E-state index in [9.17, 15) is 14.4 Å². The van der Waals surface area contributed by atoms with E-state index in [4.69, 9.17) is 4.74 Å². The molecule has 3 aliphatic heterocycles. The van der Waals surface area contributed by atoms with Crippen LogP contribution in [0.1, 0.15) is 40.0 Å². The van der Waals surface area contributed by atoms with Gasteiger partial charge in [-0.15, -0.1) is 0 Å². The highest BCUT2D eigenvalue weighted by Gasteiger charge is 2.31. The number of benzene rings is 1. The largest absolute Gasteiger partial charge is 0.444 e. The molecule has 0 bridgehead atoms. The van der Waals surface area contributed by atoms with Gasteiger partial charge in [0.1, 0.15) is 5.60 Å². The van der Waals surface area contributed by atoms with Gasteiger partial charge in [0.15, 0.2) is 5.82 Å². The van der Waals surface area contributed by atoms with E-state index in [1.54, 1.807) is 4.90 Å². The molecule has 0 atom stereocenters. The van der Waals surface area contributed by atoms with Crippen LogP contribution in [-0.2, 0) is 16.6 Å². The van der Waals surface area contributed by atoms with Crippen LogP contribution >= 0.6 is 0 Å². The summed E-state index contributed by atoms with van der Waals surface area (Å²) in [4.78, 5) is 44.7. The van der Waals surface area contributed by atoms with Crippen molar-refractivity contribution in [2.24, 2.45) is 13.0 Å². The molecular weight excluding hydrogens is 486 g/mol. The standard InChI is InChI=1S/C27H39N7O4/c1-27(2,3)38-26(37)33-16-14-31(15-17-33)18-19-8-11-32(12-9-19)21-7-5-6-20-23(21)30(4)29-24(20)34-13-10-22(35)28-25(34)36/h5-7,19H,8-18H2,1-4H3,(H,28,35,36). The minimum atomic E-state index is -0.466. The van der Waals surface area contributed by atoms with Crippen molar-refractivity contribution in [3.63, 3.8) is 0 Å². The SMILES string of the molecule is Cn1nc(N2CCC(=O)NC2=O)c2cccc(N3CCC(CN4CCN(C(=O)OC(C)(C)C)CC4)CC3)c21. The highest BCUT2D eigenvalue weighted by Crippen LogP contribution is 2.35. The van der Waals surface area contributed by atoms with E-state index < -0.39 is 11.6 Å². The fourth-order valence-corrected chi connectivity index (χ4v) is 5.68. The van der Waals surface area contributed by atoms with Gasteiger partial charge in [-0.25, -0.2) is 9.59 Å². The minimum absolute atomic E-state index is 0.215. The molecule has 5 rings (SSSR count). The number of nitrogens with zero attached hydrogens (tertiary/aromatic N) is 6. The molecule has 3 aliphatic rings. The van der Waals surface area contributed by atoms with E-state index in [0.29, 0.717) is 31.4 Å². The Bertz CT molecular complexity index is 1200. The molecule has 0 radical (unpaired) electrons. The molecule has 38 heavy (non-hydrogen) atoms. The molecule has 0 spiro atoms. The van der Waals surface area contributed by atoms with Crippen molar-refractivity contribution in [3.8, 4) is 0 Å². The van der Waals surface area contributed by atoms with E-state index in [0.717, 1.165) is 62.2 Å². The van der Waals surface area contributed by atoms with Crippen LogP contribution in [0.15, 0.2) is 18.2 Å². The van der Waals surface area contributed by atoms with E-state index in [1.165, 1.54) is 0 Å². The average molecular weight is 526 g/mol. The number of rotatable bonds is 4. The summed E-state index contributed by atoms with van der Waals surface area (Å²) >= 11 is 0. The zero-order valence-electron chi connectivity index (χ0n) is 22.9. The molecule has 0 aliphatic carbocycles. The highest BCUT2D eigenvalue weighted by molar-refractivity contribution is 6.10. The normalized spacial score (nSPS) is 20.3. The predicted octanol–water partition coefficient (Wildman–Crippen LogP) is 2.79. The van der Waals surface area contributed by atoms with Gasteiger partial charge in [-0.05, 0) is 51.7 Å². The monoisotopic (exact) mass is 525 g/mol. The molecule has 3 saturated heterocycles. The first-order valence-electron chi connectivity index (χ1n) is 13.6. The van der Waals surface area contributed by atoms with Crippen LogP contribution in [0, 0.1) is 5.92 Å². The van der Waals surface area contributed by atoms with Crippen LogP contribution in [0.4, 0.5) is 21.1 Å². The lowest BCUT2D eigenvalue weighted by atomic mass is 9.95. The number of fused-ring (bicyclic) bond motifs is 1. The number of piperidine rings is 1. The predicted molar refractivity (Wildman–Crippen MR) is 145 cm³/mol. The maximum atomic E-state index is 12.5. The lowest BCUT2D eigenvalue weighted by molar-refractivity contribution is -0.120. The molecule has 2 aromatic rings. The van der Waals surface area contributed by atoms with Crippen molar-refractivity contribution in [1.29, 1.82) is 0 Å². The molecule has 1 aromatic heterocycles. The number of imide groups is 1. The average Bonchev–Trinajstić information content (AvgIpc) is 3.20. The molecule has 206 valence electrons. The maximum Gasteiger partial charge on any atom is 0.410 e. The summed E-state index contributed by atoms with van der Waals surface area (Å²) in [6.07, 6.45) is 2.26. The molecule has 4 amide bonds. The Hall–Kier alpha value is -3.34. The number of para-hydroxylation sites is 1. The zero-order chi connectivity index (χ0) is 27.0. The number of carbonyl (C=O) groups excluding carboxylic acids is 3. The Morgan fingerprint density at radius 2 is 1.76 bits per heavy atom. The number of carbonyl (C=O) groups is 3. The van der Waals surface area contributed by atoms with Crippen LogP contribution in [0.3, 0.4) is 0 Å². The van der Waals surface area contributed by atoms with Crippen molar-refractivity contribution in [2.45, 2.75) is 45.6 Å². The van der Waals surface area contributed by atoms with Gasteiger partial charge in [-0.3, -0.25) is 24.6 Å². The Morgan fingerprint density at radius 3 is 2.42 bits per heavy atom. The second-order valence-electron chi connectivity index (χ2n) is 11.6. The van der Waals surface area contributed by atoms with Crippen LogP contribution < -0.4 is 15.1 Å². The number of amides is 4. The number of piperazine rings is 1. The topological polar surface area (TPSA) is 103 Å². The second-order valence-corrected chi connectivity index (χ2v) is 11.6. The quantitative estimate of drug-likeness (QED) is 0.655. The van der Waals surface area contributed by atoms with Crippen LogP contribution in [-0.4, -0.2) is 95.6 Å². The minimum Gasteiger partial charge on any atom is -0.444 e. The van der Waals surface area contributed by atoms with Gasteiger partial charge in [-0.2, -0.15) is 5.10 Å². The molecule has 0 saturated carbocycles. The summed E-state index contributed by atoms with van der Waals surface area (Å²) in [6.45, 7) is 12.2. The Balaban J connectivity index is 1.18. The van der Waals surface area contributed by atoms with Gasteiger partial charge in [-0.1, -0.05) is 6.07 Å². The first kappa shape index (κ1) is 26.3. The van der Waals surface area contributed by atoms with Gasteiger partial charge in [0.2, 0.25) is 5.91 Å². The number of nitrogens with one attached hydrogen (secondary N) is 1. The molecule has 0 unspecified atom stereocenters. The number of hydrogen-bond acceptors (Lipinski definition) is 7. The van der Waals surface area contributed by atoms with Crippen LogP contribution in [0.2, 0.25) is 0 Å². The van der Waals surface area contributed by atoms with Crippen molar-refractivity contribution < 1.29 is 19.1 Å². The Labute approximate surface area is 223 Å². The van der Waals surface area contributed by atoms with E-state index in [1.807, 2.05) is 49.5 Å². The van der Waals surface area contributed by atoms with Gasteiger partial charge in [0, 0.05) is 71.2 Å². The zero-order valence-corrected chi connectivity index (χ0v) is 22.9. The van der Waals surface area contributed by atoms with Gasteiger partial charge < -0.3 is 14.5 Å². The molecule has 4 heterocycles. The van der Waals surface area contributed by atoms with Crippen molar-refractivity contribution >= 4 is 40.4 Å². The molecule has 3 fully saturated rings. The van der Waals surface area contributed by atoms with Crippen molar-refractivity contribution in [2.75, 3.05) is 62.2 Å². The summed E-state index contributed by atoms with van der Waals surface area (Å²) in [5, 5.41) is 7.98. The van der Waals surface area contributed by atoms with Gasteiger partial charge in [0.05, 0.1) is 11.2 Å². The van der Waals surface area contributed by atoms with Crippen LogP contribution in [0.5, 0.6) is 0 Å². The Morgan fingerprint density at radius 1 is 1.05 bits per heavy atom. The molecule has 1 N–H and O–H groups in total. The Kier molecular flexibility index (Phi) is 7.21. The molecule has 11 heteroatoms. The summed E-state index contributed by atoms with van der Waals surface area (Å²) in [6, 6.07) is 5.73. The molecule has 1 aromatic carbocycles. The summed E-state index contributed by atoms with van der Waals surface area (Å²) in [5.74, 6) is 0.963. The lowest BCUT2D eigenvalue weighted by Crippen LogP contribution is -2.51. The fraction of sp³-hybridized carbons (Fsp3) is 0.630. The third-order valence-electron chi connectivity index (χ3n) is 7.63. The highest BCUT2D eigenvalue weighted by atomic mass is 16.6. The van der Waals surface area contributed by atoms with Crippen molar-refractivity contribution in [1.82, 2.24) is 24.9 Å².